The predicted molar refractivity (Wildman–Crippen MR) is 113 cm³/mol. The summed E-state index contributed by atoms with van der Waals surface area (Å²) in [5.41, 5.74) is 2.88. The summed E-state index contributed by atoms with van der Waals surface area (Å²) in [6.45, 7) is 3.66. The molecule has 1 atom stereocenters. The number of nitrogens with one attached hydrogen (secondary N) is 1. The van der Waals surface area contributed by atoms with Gasteiger partial charge >= 0.3 is 5.97 Å². The molecule has 5 heteroatoms. The molecule has 0 fully saturated rings. The highest BCUT2D eigenvalue weighted by Crippen LogP contribution is 2.23. The fourth-order valence-electron chi connectivity index (χ4n) is 2.83. The van der Waals surface area contributed by atoms with Crippen molar-refractivity contribution in [2.45, 2.75) is 20.0 Å². The minimum Gasteiger partial charge on any atom is -0.481 e. The molecular weight excluding hydrogens is 366 g/mol. The van der Waals surface area contributed by atoms with Crippen LogP contribution in [0.4, 0.5) is 5.69 Å². The van der Waals surface area contributed by atoms with Crippen LogP contribution in [0.5, 0.6) is 5.75 Å². The van der Waals surface area contributed by atoms with E-state index in [0.717, 1.165) is 11.1 Å². The second-order valence-electron chi connectivity index (χ2n) is 6.41. The lowest BCUT2D eigenvalue weighted by molar-refractivity contribution is -0.122. The number of esters is 1. The Balaban J connectivity index is 1.65. The molecule has 0 saturated heterocycles. The number of rotatable bonds is 7. The molecule has 3 aromatic rings. The number of ether oxygens (including phenoxy) is 2. The molecule has 148 valence electrons. The van der Waals surface area contributed by atoms with Crippen LogP contribution in [-0.4, -0.2) is 24.6 Å². The molecule has 0 radical (unpaired) electrons. The second kappa shape index (κ2) is 9.55. The maximum atomic E-state index is 12.5. The van der Waals surface area contributed by atoms with Crippen LogP contribution < -0.4 is 10.1 Å². The summed E-state index contributed by atoms with van der Waals surface area (Å²) in [6.07, 6.45) is -0.743. The molecule has 3 rings (SSSR count). The fourth-order valence-corrected chi connectivity index (χ4v) is 2.83. The monoisotopic (exact) mass is 389 g/mol. The third kappa shape index (κ3) is 5.23. The molecule has 0 heterocycles. The van der Waals surface area contributed by atoms with Gasteiger partial charge in [-0.25, -0.2) is 4.79 Å². The van der Waals surface area contributed by atoms with E-state index in [1.54, 1.807) is 38.1 Å². The van der Waals surface area contributed by atoms with Crippen molar-refractivity contribution in [3.05, 3.63) is 84.4 Å². The predicted octanol–water partition coefficient (Wildman–Crippen LogP) is 4.94. The van der Waals surface area contributed by atoms with Crippen LogP contribution in [0.2, 0.25) is 0 Å². The molecule has 1 amide bonds. The average Bonchev–Trinajstić information content (AvgIpc) is 2.75. The molecule has 5 nitrogen and oxygen atoms in total. The number of hydrogen-bond acceptors (Lipinski definition) is 4. The van der Waals surface area contributed by atoms with E-state index < -0.39 is 12.1 Å². The maximum absolute atomic E-state index is 12.5. The molecule has 29 heavy (non-hydrogen) atoms. The van der Waals surface area contributed by atoms with Crippen LogP contribution in [0.1, 0.15) is 24.2 Å². The van der Waals surface area contributed by atoms with Gasteiger partial charge in [0.2, 0.25) is 0 Å². The summed E-state index contributed by atoms with van der Waals surface area (Å²) >= 11 is 0. The van der Waals surface area contributed by atoms with Crippen LogP contribution in [-0.2, 0) is 9.53 Å². The molecular formula is C24H23NO4. The molecule has 0 spiro atoms. The van der Waals surface area contributed by atoms with Crippen LogP contribution in [0, 0.1) is 0 Å². The van der Waals surface area contributed by atoms with Gasteiger partial charge in [0.1, 0.15) is 5.75 Å². The molecule has 1 N–H and O–H groups in total. The molecule has 0 unspecified atom stereocenters. The van der Waals surface area contributed by atoms with E-state index in [-0.39, 0.29) is 12.5 Å². The summed E-state index contributed by atoms with van der Waals surface area (Å²) in [7, 11) is 0. The molecule has 0 aromatic heterocycles. The minimum absolute atomic E-state index is 0.263. The highest BCUT2D eigenvalue weighted by Gasteiger charge is 2.19. The van der Waals surface area contributed by atoms with Crippen molar-refractivity contribution in [2.75, 3.05) is 11.9 Å². The zero-order valence-corrected chi connectivity index (χ0v) is 16.4. The highest BCUT2D eigenvalue weighted by molar-refractivity contribution is 6.02. The zero-order valence-electron chi connectivity index (χ0n) is 16.4. The van der Waals surface area contributed by atoms with Crippen molar-refractivity contribution < 1.29 is 19.1 Å². The van der Waals surface area contributed by atoms with Crippen molar-refractivity contribution in [2.24, 2.45) is 0 Å². The van der Waals surface area contributed by atoms with Gasteiger partial charge in [-0.3, -0.25) is 4.79 Å². The van der Waals surface area contributed by atoms with E-state index in [0.29, 0.717) is 17.0 Å². The number of amides is 1. The second-order valence-corrected chi connectivity index (χ2v) is 6.41. The maximum Gasteiger partial charge on any atom is 0.340 e. The molecule has 0 aliphatic rings. The Morgan fingerprint density at radius 2 is 1.48 bits per heavy atom. The normalized spacial score (nSPS) is 11.4. The summed E-state index contributed by atoms with van der Waals surface area (Å²) in [6, 6.07) is 24.3. The Morgan fingerprint density at radius 1 is 0.862 bits per heavy atom. The van der Waals surface area contributed by atoms with E-state index in [1.165, 1.54) is 0 Å². The van der Waals surface area contributed by atoms with Crippen LogP contribution >= 0.6 is 0 Å². The first-order valence-corrected chi connectivity index (χ1v) is 9.47. The number of benzene rings is 3. The van der Waals surface area contributed by atoms with Crippen molar-refractivity contribution in [3.63, 3.8) is 0 Å². The van der Waals surface area contributed by atoms with Gasteiger partial charge in [-0.1, -0.05) is 54.6 Å². The standard InChI is InChI=1S/C24H23NO4/c1-3-28-24(27)21-11-7-8-12-22(21)25-23(26)17(2)29-20-15-13-19(14-16-20)18-9-5-4-6-10-18/h4-17H,3H2,1-2H3,(H,25,26)/t17-/m0/s1. The van der Waals surface area contributed by atoms with Gasteiger partial charge in [0.25, 0.3) is 5.91 Å². The quantitative estimate of drug-likeness (QED) is 0.582. The lowest BCUT2D eigenvalue weighted by Crippen LogP contribution is -2.30. The van der Waals surface area contributed by atoms with Crippen molar-refractivity contribution in [1.29, 1.82) is 0 Å². The van der Waals surface area contributed by atoms with Gasteiger partial charge in [-0.15, -0.1) is 0 Å². The van der Waals surface area contributed by atoms with Crippen molar-refractivity contribution >= 4 is 17.6 Å². The van der Waals surface area contributed by atoms with Crippen LogP contribution in [0.15, 0.2) is 78.9 Å². The first-order valence-electron chi connectivity index (χ1n) is 9.47. The Bertz CT molecular complexity index is 968. The van der Waals surface area contributed by atoms with E-state index in [4.69, 9.17) is 9.47 Å². The SMILES string of the molecule is CCOC(=O)c1ccccc1NC(=O)[C@H](C)Oc1ccc(-c2ccccc2)cc1. The lowest BCUT2D eigenvalue weighted by atomic mass is 10.1. The van der Waals surface area contributed by atoms with Crippen LogP contribution in [0.3, 0.4) is 0 Å². The Labute approximate surface area is 170 Å². The first-order chi connectivity index (χ1) is 14.1. The summed E-state index contributed by atoms with van der Waals surface area (Å²) < 4.78 is 10.8. The molecule has 0 bridgehead atoms. The van der Waals surface area contributed by atoms with Crippen LogP contribution in [0.25, 0.3) is 11.1 Å². The number of para-hydroxylation sites is 1. The summed E-state index contributed by atoms with van der Waals surface area (Å²) in [5, 5.41) is 2.74. The number of hydrogen-bond donors (Lipinski definition) is 1. The van der Waals surface area contributed by atoms with Gasteiger partial charge in [0.05, 0.1) is 17.9 Å². The van der Waals surface area contributed by atoms with E-state index in [9.17, 15) is 9.59 Å². The average molecular weight is 389 g/mol. The third-order valence-electron chi connectivity index (χ3n) is 4.32. The lowest BCUT2D eigenvalue weighted by Gasteiger charge is -2.16. The van der Waals surface area contributed by atoms with Gasteiger partial charge in [0.15, 0.2) is 6.10 Å². The van der Waals surface area contributed by atoms with E-state index in [1.807, 2.05) is 54.6 Å². The Morgan fingerprint density at radius 3 is 2.17 bits per heavy atom. The molecule has 0 aliphatic carbocycles. The number of carbonyl (C=O) groups is 2. The number of anilines is 1. The van der Waals surface area contributed by atoms with E-state index >= 15 is 0 Å². The number of carbonyl (C=O) groups excluding carboxylic acids is 2. The molecule has 3 aromatic carbocycles. The summed E-state index contributed by atoms with van der Waals surface area (Å²) in [5.74, 6) is -0.242. The van der Waals surface area contributed by atoms with Gasteiger partial charge in [-0.05, 0) is 49.2 Å². The zero-order chi connectivity index (χ0) is 20.6. The fraction of sp³-hybridized carbons (Fsp3) is 0.167. The third-order valence-corrected chi connectivity index (χ3v) is 4.32. The molecule has 0 aliphatic heterocycles. The van der Waals surface area contributed by atoms with Gasteiger partial charge < -0.3 is 14.8 Å². The Hall–Kier alpha value is -3.60. The largest absolute Gasteiger partial charge is 0.481 e. The van der Waals surface area contributed by atoms with E-state index in [2.05, 4.69) is 5.32 Å². The highest BCUT2D eigenvalue weighted by atomic mass is 16.5. The summed E-state index contributed by atoms with van der Waals surface area (Å²) in [4.78, 5) is 24.6. The van der Waals surface area contributed by atoms with Gasteiger partial charge in [0, 0.05) is 0 Å². The first kappa shape index (κ1) is 20.1. The smallest absolute Gasteiger partial charge is 0.340 e. The topological polar surface area (TPSA) is 64.6 Å². The molecule has 0 saturated carbocycles. The van der Waals surface area contributed by atoms with Gasteiger partial charge in [-0.2, -0.15) is 0 Å². The van der Waals surface area contributed by atoms with Crippen molar-refractivity contribution in [1.82, 2.24) is 0 Å². The Kier molecular flexibility index (Phi) is 6.63. The minimum atomic E-state index is -0.743. The van der Waals surface area contributed by atoms with Crippen molar-refractivity contribution in [3.8, 4) is 16.9 Å².